The quantitative estimate of drug-likeness (QED) is 0.611. The summed E-state index contributed by atoms with van der Waals surface area (Å²) in [7, 11) is 1.37. The van der Waals surface area contributed by atoms with Crippen LogP contribution >= 0.6 is 10.7 Å². The topological polar surface area (TPSA) is 89.1 Å². The zero-order chi connectivity index (χ0) is 15.5. The molecule has 0 aromatic carbocycles. The highest BCUT2D eigenvalue weighted by atomic mass is 35.7. The number of aromatic amines is 1. The summed E-state index contributed by atoms with van der Waals surface area (Å²) in [5, 5.41) is 6.34. The van der Waals surface area contributed by atoms with E-state index in [9.17, 15) is 13.2 Å². The second-order valence-electron chi connectivity index (χ2n) is 5.29. The van der Waals surface area contributed by atoms with Crippen LogP contribution in [0.1, 0.15) is 55.2 Å². The van der Waals surface area contributed by atoms with Crippen LogP contribution in [0.15, 0.2) is 4.90 Å². The number of carbonyl (C=O) groups excluding carboxylic acids is 1. The van der Waals surface area contributed by atoms with Gasteiger partial charge < -0.3 is 4.74 Å². The molecule has 0 amide bonds. The van der Waals surface area contributed by atoms with E-state index in [-0.39, 0.29) is 17.2 Å². The van der Waals surface area contributed by atoms with Gasteiger partial charge >= 0.3 is 5.97 Å². The van der Waals surface area contributed by atoms with Crippen molar-refractivity contribution in [2.75, 3.05) is 6.61 Å². The minimum Gasteiger partial charge on any atom is -0.461 e. The fourth-order valence-electron chi connectivity index (χ4n) is 2.36. The van der Waals surface area contributed by atoms with Crippen molar-refractivity contribution in [1.29, 1.82) is 0 Å². The lowest BCUT2D eigenvalue weighted by atomic mass is 9.83. The van der Waals surface area contributed by atoms with E-state index in [2.05, 4.69) is 10.2 Å². The Hall–Kier alpha value is -1.08. The van der Waals surface area contributed by atoms with Gasteiger partial charge in [0.05, 0.1) is 12.3 Å². The van der Waals surface area contributed by atoms with Crippen LogP contribution in [0, 0.1) is 5.92 Å². The lowest BCUT2D eigenvalue weighted by Gasteiger charge is -2.24. The first-order valence-corrected chi connectivity index (χ1v) is 9.43. The van der Waals surface area contributed by atoms with Crippen LogP contribution in [-0.2, 0) is 20.2 Å². The lowest BCUT2D eigenvalue weighted by molar-refractivity contribution is 0.0453. The molecule has 1 aliphatic carbocycles. The Kier molecular flexibility index (Phi) is 5.27. The van der Waals surface area contributed by atoms with Gasteiger partial charge in [-0.2, -0.15) is 5.10 Å². The highest BCUT2D eigenvalue weighted by molar-refractivity contribution is 8.13. The summed E-state index contributed by atoms with van der Waals surface area (Å²) >= 11 is 0. The molecule has 1 aromatic rings. The van der Waals surface area contributed by atoms with Crippen LogP contribution in [0.2, 0.25) is 0 Å². The summed E-state index contributed by atoms with van der Waals surface area (Å²) < 4.78 is 28.4. The molecule has 1 fully saturated rings. The van der Waals surface area contributed by atoms with Crippen LogP contribution in [0.4, 0.5) is 0 Å². The minimum absolute atomic E-state index is 0.248. The number of aromatic nitrogens is 2. The van der Waals surface area contributed by atoms with Gasteiger partial charge in [-0.05, 0) is 18.8 Å². The van der Waals surface area contributed by atoms with Crippen LogP contribution in [-0.4, -0.2) is 31.2 Å². The van der Waals surface area contributed by atoms with Crippen molar-refractivity contribution in [2.24, 2.45) is 5.92 Å². The predicted octanol–water partition coefficient (Wildman–Crippen LogP) is 2.64. The van der Waals surface area contributed by atoms with E-state index in [1.165, 1.54) is 19.3 Å². The smallest absolute Gasteiger partial charge is 0.360 e. The molecular weight excluding hydrogens is 316 g/mol. The number of nitrogens with zero attached hydrogens (tertiary/aromatic N) is 1. The summed E-state index contributed by atoms with van der Waals surface area (Å²) in [6.07, 6.45) is 5.53. The van der Waals surface area contributed by atoms with Gasteiger partial charge in [0.15, 0.2) is 5.69 Å². The van der Waals surface area contributed by atoms with Gasteiger partial charge in [-0.15, -0.1) is 0 Å². The van der Waals surface area contributed by atoms with Crippen LogP contribution in [0.5, 0.6) is 0 Å². The normalized spacial score (nSPS) is 15.7. The average Bonchev–Trinajstić information content (AvgIpc) is 2.76. The molecule has 1 N–H and O–H groups in total. The van der Waals surface area contributed by atoms with E-state index >= 15 is 0 Å². The fourth-order valence-corrected chi connectivity index (χ4v) is 3.66. The fraction of sp³-hybridized carbons (Fsp3) is 0.692. The molecular formula is C13H19ClN2O4S. The Morgan fingerprint density at radius 1 is 1.48 bits per heavy atom. The minimum atomic E-state index is -4.05. The van der Waals surface area contributed by atoms with Crippen molar-refractivity contribution in [3.8, 4) is 0 Å². The molecule has 0 unspecified atom stereocenters. The van der Waals surface area contributed by atoms with Crippen molar-refractivity contribution in [2.45, 2.75) is 50.3 Å². The average molecular weight is 335 g/mol. The first kappa shape index (κ1) is 16.3. The second kappa shape index (κ2) is 6.79. The third-order valence-corrected chi connectivity index (χ3v) is 5.10. The number of aryl methyl sites for hydroxylation is 1. The Balaban J connectivity index is 2.08. The Labute approximate surface area is 128 Å². The number of rotatable bonds is 7. The van der Waals surface area contributed by atoms with E-state index in [4.69, 9.17) is 15.4 Å². The summed E-state index contributed by atoms with van der Waals surface area (Å²) in [6.45, 7) is 2.17. The van der Waals surface area contributed by atoms with Crippen molar-refractivity contribution in [3.63, 3.8) is 0 Å². The summed E-state index contributed by atoms with van der Waals surface area (Å²) in [4.78, 5) is 11.7. The molecule has 0 bridgehead atoms. The predicted molar refractivity (Wildman–Crippen MR) is 77.9 cm³/mol. The summed E-state index contributed by atoms with van der Waals surface area (Å²) in [5.41, 5.74) is 0.0977. The number of carbonyl (C=O) groups is 1. The van der Waals surface area contributed by atoms with Crippen molar-refractivity contribution >= 4 is 25.7 Å². The number of hydrogen-bond acceptors (Lipinski definition) is 5. The summed E-state index contributed by atoms with van der Waals surface area (Å²) in [5.74, 6) is -0.129. The molecule has 2 rings (SSSR count). The third-order valence-electron chi connectivity index (χ3n) is 3.71. The molecule has 1 heterocycles. The van der Waals surface area contributed by atoms with Crippen LogP contribution in [0.25, 0.3) is 0 Å². The van der Waals surface area contributed by atoms with Gasteiger partial charge in [-0.3, -0.25) is 5.10 Å². The van der Waals surface area contributed by atoms with Crippen molar-refractivity contribution in [1.82, 2.24) is 10.2 Å². The first-order chi connectivity index (χ1) is 9.93. The molecule has 1 aromatic heterocycles. The van der Waals surface area contributed by atoms with Crippen molar-refractivity contribution in [3.05, 3.63) is 11.4 Å². The molecule has 8 heteroatoms. The Morgan fingerprint density at radius 3 is 2.71 bits per heavy atom. The van der Waals surface area contributed by atoms with Gasteiger partial charge in [0.2, 0.25) is 0 Å². The molecule has 6 nitrogen and oxygen atoms in total. The van der Waals surface area contributed by atoms with E-state index in [0.717, 1.165) is 6.42 Å². The van der Waals surface area contributed by atoms with E-state index in [0.29, 0.717) is 24.5 Å². The standard InChI is InChI=1S/C13H19ClN2O4S/c1-2-4-10-12(21(14,18)19)11(16-15-10)13(17)20-8-7-9-5-3-6-9/h9H,2-8H2,1H3,(H,15,16). The zero-order valence-electron chi connectivity index (χ0n) is 11.9. The largest absolute Gasteiger partial charge is 0.461 e. The number of ether oxygens (including phenoxy) is 1. The molecule has 118 valence electrons. The van der Waals surface area contributed by atoms with Gasteiger partial charge in [0.25, 0.3) is 9.05 Å². The third kappa shape index (κ3) is 3.97. The van der Waals surface area contributed by atoms with Crippen LogP contribution < -0.4 is 0 Å². The second-order valence-corrected chi connectivity index (χ2v) is 7.79. The molecule has 0 atom stereocenters. The molecule has 0 aliphatic heterocycles. The number of esters is 1. The highest BCUT2D eigenvalue weighted by Crippen LogP contribution is 2.29. The van der Waals surface area contributed by atoms with E-state index in [1.54, 1.807) is 0 Å². The lowest BCUT2D eigenvalue weighted by Crippen LogP contribution is -2.16. The molecule has 0 spiro atoms. The SMILES string of the molecule is CCCc1[nH]nc(C(=O)OCCC2CCC2)c1S(=O)(=O)Cl. The molecule has 1 aliphatic rings. The number of halogens is 1. The molecule has 0 saturated heterocycles. The van der Waals surface area contributed by atoms with Gasteiger partial charge in [-0.1, -0.05) is 32.6 Å². The monoisotopic (exact) mass is 334 g/mol. The maximum absolute atomic E-state index is 12.0. The molecule has 21 heavy (non-hydrogen) atoms. The van der Waals surface area contributed by atoms with Gasteiger partial charge in [0.1, 0.15) is 4.90 Å². The number of hydrogen-bond donors (Lipinski definition) is 1. The molecule has 0 radical (unpaired) electrons. The van der Waals surface area contributed by atoms with Crippen LogP contribution in [0.3, 0.4) is 0 Å². The first-order valence-electron chi connectivity index (χ1n) is 7.12. The highest BCUT2D eigenvalue weighted by Gasteiger charge is 2.29. The number of nitrogens with one attached hydrogen (secondary N) is 1. The Morgan fingerprint density at radius 2 is 2.19 bits per heavy atom. The summed E-state index contributed by atoms with van der Waals surface area (Å²) in [6, 6.07) is 0. The van der Waals surface area contributed by atoms with E-state index in [1.807, 2.05) is 6.92 Å². The maximum Gasteiger partial charge on any atom is 0.360 e. The molecule has 1 saturated carbocycles. The maximum atomic E-state index is 12.0. The Bertz CT molecular complexity index is 608. The zero-order valence-corrected chi connectivity index (χ0v) is 13.5. The van der Waals surface area contributed by atoms with E-state index < -0.39 is 15.0 Å². The van der Waals surface area contributed by atoms with Gasteiger partial charge in [0, 0.05) is 10.7 Å². The van der Waals surface area contributed by atoms with Crippen molar-refractivity contribution < 1.29 is 17.9 Å². The van der Waals surface area contributed by atoms with Gasteiger partial charge in [-0.25, -0.2) is 13.2 Å². The number of H-pyrrole nitrogens is 1.